The minimum Gasteiger partial charge on any atom is -0.480 e. The highest BCUT2D eigenvalue weighted by molar-refractivity contribution is 6.26. The van der Waals surface area contributed by atoms with Gasteiger partial charge < -0.3 is 60.9 Å². The zero-order chi connectivity index (χ0) is 95.0. The fraction of sp³-hybridized carbons (Fsp3) is 0.571. The smallest absolute Gasteiger partial charge is 0.373 e. The molecule has 9 fully saturated rings. The van der Waals surface area contributed by atoms with E-state index in [0.29, 0.717) is 74.5 Å². The Morgan fingerprint density at radius 2 is 0.703 bits per heavy atom. The largest absolute Gasteiger partial charge is 0.480 e. The summed E-state index contributed by atoms with van der Waals surface area (Å²) in [6, 6.07) is 15.2. The third-order valence-corrected chi connectivity index (χ3v) is 31.9. The van der Waals surface area contributed by atoms with Crippen LogP contribution < -0.4 is 13.7 Å². The number of halogens is 4. The van der Waals surface area contributed by atoms with E-state index in [2.05, 4.69) is 4.98 Å². The van der Waals surface area contributed by atoms with Gasteiger partial charge >= 0.3 is 23.9 Å². The summed E-state index contributed by atoms with van der Waals surface area (Å²) in [6.45, 7) is 21.5. The van der Waals surface area contributed by atoms with Crippen LogP contribution in [-0.4, -0.2) is 198 Å². The minimum atomic E-state index is -2.04. The Morgan fingerprint density at radius 3 is 0.953 bits per heavy atom. The quantitative estimate of drug-likeness (QED) is 0.0318. The van der Waals surface area contributed by atoms with Gasteiger partial charge in [0, 0.05) is 99.0 Å². The zero-order valence-electron chi connectivity index (χ0n) is 75.0. The Balaban J connectivity index is 0.000000170. The molecule has 11 N–H and O–H groups in total. The number of carbonyl (C=O) groups excluding carboxylic acids is 7. The molecule has 30 heteroatoms. The molecule has 4 aromatic rings. The van der Waals surface area contributed by atoms with Gasteiger partial charge in [-0.25, -0.2) is 27.6 Å². The van der Waals surface area contributed by atoms with E-state index in [-0.39, 0.29) is 79.9 Å². The number of pyridine rings is 4. The van der Waals surface area contributed by atoms with Crippen LogP contribution in [0.15, 0.2) is 170 Å². The summed E-state index contributed by atoms with van der Waals surface area (Å²) in [5, 5.41) is 112. The number of hydrogen-bond donors (Lipinski definition) is 11. The number of hydrogen-bond acceptors (Lipinski definition) is 20. The molecule has 0 aromatic carbocycles. The summed E-state index contributed by atoms with van der Waals surface area (Å²) in [5.74, 6) is -10.1. The Labute approximate surface area is 749 Å². The maximum absolute atomic E-state index is 17.2. The monoisotopic (exact) mass is 1800 g/mol. The van der Waals surface area contributed by atoms with E-state index in [1.807, 2.05) is 76.2 Å². The SMILES string of the molecule is C[C@@H]1C[C@H]2[C@@H]3CCC4=CC(=O)C=C[C@]4(C)[C@@]3(F)[C@@H](O)C[C@]2(C)[C@@]1(O)C(=O)CO.C[C@@H]1C[C@H]2[C@@H]3CCC4=CC(=O)C=C[C@]4(C)[C@@]3(F)[C@@H](O)C[C@]2(C)[C@@]1(O)C(=O)CO.Cc1cc[n+](CC(=O)O)cc1.Cc1cc[n+](CC(=O)O)cc1.Cc1cc[n+](CC(=O)OCC(=O)[C@@]2(O)[C@H](C)C[C@H]3[C@@H]4CCC5=CC(=O)C=C[C@]5(C)[C@@]4(F)[C@@H](O)C[C@@]32C)cc1.Cc1ccncc1.O=C(O)CCl. The number of ether oxygens (including phenoxy) is 1. The molecule has 0 saturated heterocycles. The molecule has 0 amide bonds. The second-order valence-corrected chi connectivity index (χ2v) is 39.0. The molecular weight excluding hydrogens is 1680 g/mol. The summed E-state index contributed by atoms with van der Waals surface area (Å²) in [7, 11) is 0. The summed E-state index contributed by atoms with van der Waals surface area (Å²) >= 11 is 4.74. The van der Waals surface area contributed by atoms with Gasteiger partial charge in [-0.05, 0) is 232 Å². The van der Waals surface area contributed by atoms with E-state index in [4.69, 9.17) is 31.7 Å². The van der Waals surface area contributed by atoms with E-state index in [1.54, 1.807) is 144 Å². The number of nitrogens with zero attached hydrogens (tertiary/aromatic N) is 4. The number of carboxylic acids is 3. The number of aliphatic hydroxyl groups excluding tert-OH is 5. The van der Waals surface area contributed by atoms with Crippen LogP contribution in [0.4, 0.5) is 13.2 Å². The summed E-state index contributed by atoms with van der Waals surface area (Å²) in [4.78, 5) is 120. The molecule has 24 atom stereocenters. The average Bonchev–Trinajstić information content (AvgIpc) is 1.44. The molecule has 12 aliphatic rings. The molecule has 694 valence electrons. The van der Waals surface area contributed by atoms with Crippen LogP contribution in [0.25, 0.3) is 0 Å². The van der Waals surface area contributed by atoms with Gasteiger partial charge in [0.05, 0.1) is 18.3 Å². The maximum atomic E-state index is 17.2. The van der Waals surface area contributed by atoms with E-state index < -0.39 is 181 Å². The van der Waals surface area contributed by atoms with E-state index in [0.717, 1.165) is 16.7 Å². The van der Waals surface area contributed by atoms with E-state index in [9.17, 15) is 88.8 Å². The second kappa shape index (κ2) is 38.3. The van der Waals surface area contributed by atoms with Crippen LogP contribution >= 0.6 is 11.6 Å². The molecule has 26 nitrogen and oxygen atoms in total. The molecule has 9 saturated carbocycles. The van der Waals surface area contributed by atoms with Gasteiger partial charge in [-0.1, -0.05) is 76.5 Å². The lowest BCUT2D eigenvalue weighted by Crippen LogP contribution is -2.69. The summed E-state index contributed by atoms with van der Waals surface area (Å²) in [5.41, 5.74) is -11.2. The number of carbonyl (C=O) groups is 10. The van der Waals surface area contributed by atoms with Crippen molar-refractivity contribution >= 4 is 70.2 Å². The van der Waals surface area contributed by atoms with Gasteiger partial charge in [-0.3, -0.25) is 38.5 Å². The predicted octanol–water partition coefficient (Wildman–Crippen LogP) is 8.97. The van der Waals surface area contributed by atoms with Crippen LogP contribution in [-0.2, 0) is 72.3 Å². The Kier molecular flexibility index (Phi) is 30.1. The minimum absolute atomic E-state index is 0.0281. The first kappa shape index (κ1) is 101. The number of allylic oxidation sites excluding steroid dienone is 12. The predicted molar refractivity (Wildman–Crippen MR) is 460 cm³/mol. The number of aromatic nitrogens is 4. The molecule has 0 aliphatic heterocycles. The van der Waals surface area contributed by atoms with Crippen molar-refractivity contribution in [3.05, 3.63) is 192 Å². The lowest BCUT2D eigenvalue weighted by molar-refractivity contribution is -0.686. The van der Waals surface area contributed by atoms with Gasteiger partial charge in [0.25, 0.3) is 0 Å². The maximum Gasteiger partial charge on any atom is 0.373 e. The number of alkyl halides is 4. The molecular formula is C98H125ClF3N4O22+3. The number of aliphatic hydroxyl groups is 8. The number of rotatable bonds is 14. The van der Waals surface area contributed by atoms with Gasteiger partial charge in [0.15, 0.2) is 89.7 Å². The average molecular weight is 1800 g/mol. The van der Waals surface area contributed by atoms with Crippen molar-refractivity contribution in [2.45, 2.75) is 239 Å². The third kappa shape index (κ3) is 17.6. The van der Waals surface area contributed by atoms with Crippen LogP contribution in [0.1, 0.15) is 162 Å². The van der Waals surface area contributed by atoms with Crippen LogP contribution in [0.3, 0.4) is 0 Å². The normalized spacial score (nSPS) is 37.7. The molecule has 12 aliphatic carbocycles. The van der Waals surface area contributed by atoms with Crippen molar-refractivity contribution in [2.24, 2.45) is 85.8 Å². The van der Waals surface area contributed by atoms with E-state index >= 15 is 13.2 Å². The van der Waals surface area contributed by atoms with Crippen molar-refractivity contribution in [1.82, 2.24) is 4.98 Å². The van der Waals surface area contributed by atoms with Crippen molar-refractivity contribution in [1.29, 1.82) is 0 Å². The first-order valence-corrected chi connectivity index (χ1v) is 44.3. The number of esters is 1. The molecule has 0 bridgehead atoms. The molecule has 16 rings (SSSR count). The van der Waals surface area contributed by atoms with Gasteiger partial charge in [0.2, 0.25) is 25.4 Å². The Bertz CT molecular complexity index is 4900. The summed E-state index contributed by atoms with van der Waals surface area (Å²) < 4.78 is 61.1. The Hall–Kier alpha value is -9.30. The van der Waals surface area contributed by atoms with E-state index in [1.165, 1.54) is 42.0 Å². The van der Waals surface area contributed by atoms with Crippen LogP contribution in [0.2, 0.25) is 0 Å². The molecule has 4 heterocycles. The highest BCUT2D eigenvalue weighted by Gasteiger charge is 2.79. The highest BCUT2D eigenvalue weighted by Crippen LogP contribution is 2.75. The number of ketones is 6. The zero-order valence-corrected chi connectivity index (χ0v) is 75.8. The lowest BCUT2D eigenvalue weighted by Gasteiger charge is -2.62. The lowest BCUT2D eigenvalue weighted by atomic mass is 9.44. The highest BCUT2D eigenvalue weighted by atomic mass is 35.5. The number of fused-ring (bicyclic) bond motifs is 15. The van der Waals surface area contributed by atoms with Gasteiger partial charge in [-0.2, -0.15) is 13.7 Å². The molecule has 0 unspecified atom stereocenters. The van der Waals surface area contributed by atoms with Crippen LogP contribution in [0, 0.1) is 113 Å². The second-order valence-electron chi connectivity index (χ2n) is 38.7. The number of aliphatic carboxylic acids is 3. The van der Waals surface area contributed by atoms with Gasteiger partial charge in [0.1, 0.15) is 35.9 Å². The van der Waals surface area contributed by atoms with Crippen molar-refractivity contribution < 1.29 is 136 Å². The molecule has 128 heavy (non-hydrogen) atoms. The number of Topliss-reactive ketones (excluding diaryl/α,β-unsaturated/α-hetero) is 3. The van der Waals surface area contributed by atoms with Crippen molar-refractivity contribution in [2.75, 3.05) is 25.7 Å². The first-order chi connectivity index (χ1) is 59.7. The first-order valence-electron chi connectivity index (χ1n) is 43.8. The Morgan fingerprint density at radius 1 is 0.438 bits per heavy atom. The number of aryl methyl sites for hydroxylation is 4. The standard InChI is InChI=1S/C30H37FNO6.2C22H29FO5.2C8H9NO2.C6H7N.C2H3ClO2/c1-18-8-11-32(12-9-18)16-26(36)38-17-25(35)30(37)19(2)13-23-22-6-5-20-14-21(33)7-10-27(20,3)29(22,31)24(34)15-28(23,30)4;2*1-12-8-16-15-5-4-13-9-14(25)6-7-19(13,2)21(15,23)17(26)10-20(16,3)22(12,28)18(27)11-24;2*1-7-2-4-9(5-3-7)6-8(10)11;1-6-2-4-7-5-3-6;3-1-2(4)5/h7-12,14,19,22-24,34,37H,5-6,13,15-17H2,1-4H3;2*6-7,9,12,15-17,24,26,28H,4-5,8,10-11H2,1-3H3;2*2-5H,6H2,1H3;2-5H,1H3;1H2,(H,4,5)/q+1;;;;;;/p+2/t19-,22+,23+,24+,27+,28+,29+,30+;2*12-,15+,16+,17+,19+,20+,21+,22+;;;;/m111..../s1. The fourth-order valence-electron chi connectivity index (χ4n) is 24.8. The molecule has 0 spiro atoms. The fourth-order valence-corrected chi connectivity index (χ4v) is 24.8. The number of carboxylic acid groups (broad SMARTS) is 3. The van der Waals surface area contributed by atoms with Gasteiger partial charge in [-0.15, -0.1) is 11.6 Å². The van der Waals surface area contributed by atoms with Crippen LogP contribution in [0.5, 0.6) is 0 Å². The van der Waals surface area contributed by atoms with Crippen molar-refractivity contribution in [3.8, 4) is 0 Å². The summed E-state index contributed by atoms with van der Waals surface area (Å²) in [6.07, 6.45) is 27.2. The molecule has 0 radical (unpaired) electrons. The topological polar surface area (TPSA) is 427 Å². The molecule has 4 aromatic heterocycles. The van der Waals surface area contributed by atoms with Crippen molar-refractivity contribution in [3.63, 3.8) is 0 Å². The third-order valence-electron chi connectivity index (χ3n) is 31.7.